The van der Waals surface area contributed by atoms with E-state index in [1.54, 1.807) is 11.3 Å². The summed E-state index contributed by atoms with van der Waals surface area (Å²) in [5.41, 5.74) is 1.16. The number of rotatable bonds is 7. The molecule has 1 atom stereocenters. The third kappa shape index (κ3) is 6.59. The Balaban J connectivity index is 1.77. The molecule has 2 rings (SSSR count). The topological polar surface area (TPSA) is 52.6 Å². The zero-order valence-electron chi connectivity index (χ0n) is 16.5. The predicted octanol–water partition coefficient (Wildman–Crippen LogP) is 2.92. The Kier molecular flexibility index (Phi) is 8.16. The molecule has 0 saturated carbocycles. The fourth-order valence-electron chi connectivity index (χ4n) is 3.40. The summed E-state index contributed by atoms with van der Waals surface area (Å²) in [5.74, 6) is 2.40. The van der Waals surface area contributed by atoms with E-state index in [4.69, 9.17) is 0 Å². The minimum Gasteiger partial charge on any atom is -0.356 e. The zero-order valence-corrected chi connectivity index (χ0v) is 17.3. The maximum Gasteiger partial charge on any atom is 0.191 e. The van der Waals surface area contributed by atoms with E-state index in [1.807, 2.05) is 7.05 Å². The molecule has 5 nitrogen and oxygen atoms in total. The van der Waals surface area contributed by atoms with Crippen LogP contribution in [-0.4, -0.2) is 55.1 Å². The highest BCUT2D eigenvalue weighted by Gasteiger charge is 2.25. The summed E-state index contributed by atoms with van der Waals surface area (Å²) >= 11 is 1.71. The number of guanidine groups is 1. The Morgan fingerprint density at radius 2 is 2.08 bits per heavy atom. The summed E-state index contributed by atoms with van der Waals surface area (Å²) in [4.78, 5) is 11.5. The van der Waals surface area contributed by atoms with Crippen LogP contribution < -0.4 is 10.6 Å². The van der Waals surface area contributed by atoms with Gasteiger partial charge in [-0.15, -0.1) is 11.3 Å². The second kappa shape index (κ2) is 10.1. The maximum atomic E-state index is 4.51. The van der Waals surface area contributed by atoms with Crippen molar-refractivity contribution in [1.29, 1.82) is 0 Å². The third-order valence-electron chi connectivity index (χ3n) is 5.10. The van der Waals surface area contributed by atoms with Crippen LogP contribution in [0.1, 0.15) is 44.3 Å². The number of aliphatic imine (C=N–C) groups is 1. The monoisotopic (exact) mass is 365 g/mol. The number of aryl methyl sites for hydroxylation is 1. The average molecular weight is 366 g/mol. The number of thiazole rings is 1. The molecule has 1 aromatic rings. The molecule has 6 heteroatoms. The second-order valence-electron chi connectivity index (χ2n) is 7.52. The number of nitrogens with zero attached hydrogens (tertiary/aromatic N) is 3. The van der Waals surface area contributed by atoms with Gasteiger partial charge in [0.2, 0.25) is 0 Å². The highest BCUT2D eigenvalue weighted by molar-refractivity contribution is 7.09. The van der Waals surface area contributed by atoms with E-state index < -0.39 is 0 Å². The lowest BCUT2D eigenvalue weighted by Gasteiger charge is -2.39. The molecule has 1 aliphatic heterocycles. The van der Waals surface area contributed by atoms with E-state index >= 15 is 0 Å². The van der Waals surface area contributed by atoms with Crippen molar-refractivity contribution < 1.29 is 0 Å². The van der Waals surface area contributed by atoms with Gasteiger partial charge in [-0.3, -0.25) is 9.89 Å². The molecular formula is C19H35N5S. The molecule has 0 aliphatic carbocycles. The highest BCUT2D eigenvalue weighted by Crippen LogP contribution is 2.21. The molecule has 1 aromatic heterocycles. The van der Waals surface area contributed by atoms with E-state index in [0.717, 1.165) is 42.1 Å². The van der Waals surface area contributed by atoms with Gasteiger partial charge in [-0.2, -0.15) is 0 Å². The molecule has 2 N–H and O–H groups in total. The smallest absolute Gasteiger partial charge is 0.191 e. The normalized spacial score (nSPS) is 18.6. The first-order valence-corrected chi connectivity index (χ1v) is 10.5. The summed E-state index contributed by atoms with van der Waals surface area (Å²) in [7, 11) is 1.84. The lowest BCUT2D eigenvalue weighted by molar-refractivity contribution is 0.110. The largest absolute Gasteiger partial charge is 0.356 e. The molecule has 25 heavy (non-hydrogen) atoms. The van der Waals surface area contributed by atoms with Crippen LogP contribution >= 0.6 is 11.3 Å². The van der Waals surface area contributed by atoms with E-state index in [1.165, 1.54) is 25.9 Å². The van der Waals surface area contributed by atoms with Crippen LogP contribution in [0.3, 0.4) is 0 Å². The van der Waals surface area contributed by atoms with Gasteiger partial charge in [0.15, 0.2) is 5.96 Å². The molecule has 0 bridgehead atoms. The van der Waals surface area contributed by atoms with Gasteiger partial charge in [-0.05, 0) is 44.7 Å². The first kappa shape index (κ1) is 20.2. The molecule has 0 amide bonds. The number of aromatic nitrogens is 1. The van der Waals surface area contributed by atoms with Crippen molar-refractivity contribution in [3.63, 3.8) is 0 Å². The van der Waals surface area contributed by atoms with Crippen LogP contribution in [0.25, 0.3) is 0 Å². The minimum atomic E-state index is 0.562. The summed E-state index contributed by atoms with van der Waals surface area (Å²) in [6.07, 6.45) is 3.58. The fourth-order valence-corrected chi connectivity index (χ4v) is 4.05. The van der Waals surface area contributed by atoms with Crippen molar-refractivity contribution in [2.24, 2.45) is 16.8 Å². The first-order valence-electron chi connectivity index (χ1n) is 9.59. The van der Waals surface area contributed by atoms with Gasteiger partial charge in [0.25, 0.3) is 0 Å². The molecule has 0 aromatic carbocycles. The minimum absolute atomic E-state index is 0.562. The van der Waals surface area contributed by atoms with Gasteiger partial charge >= 0.3 is 0 Å². The van der Waals surface area contributed by atoms with Crippen molar-refractivity contribution in [2.75, 3.05) is 33.2 Å². The highest BCUT2D eigenvalue weighted by atomic mass is 32.1. The van der Waals surface area contributed by atoms with Crippen LogP contribution in [0, 0.1) is 18.8 Å². The van der Waals surface area contributed by atoms with Crippen molar-refractivity contribution in [2.45, 2.75) is 53.0 Å². The van der Waals surface area contributed by atoms with Crippen molar-refractivity contribution in [3.8, 4) is 0 Å². The van der Waals surface area contributed by atoms with Crippen LogP contribution in [0.15, 0.2) is 10.4 Å². The number of hydrogen-bond acceptors (Lipinski definition) is 4. The van der Waals surface area contributed by atoms with E-state index in [2.05, 4.69) is 58.6 Å². The van der Waals surface area contributed by atoms with Crippen LogP contribution in [-0.2, 0) is 6.42 Å². The summed E-state index contributed by atoms with van der Waals surface area (Å²) in [6.45, 7) is 13.3. The molecule has 1 fully saturated rings. The zero-order chi connectivity index (χ0) is 18.2. The number of piperidine rings is 1. The first-order chi connectivity index (χ1) is 12.0. The van der Waals surface area contributed by atoms with E-state index in [-0.39, 0.29) is 0 Å². The third-order valence-corrected chi connectivity index (χ3v) is 5.92. The Labute approximate surface area is 157 Å². The van der Waals surface area contributed by atoms with Crippen molar-refractivity contribution in [1.82, 2.24) is 20.5 Å². The maximum absolute atomic E-state index is 4.51. The molecule has 2 heterocycles. The Morgan fingerprint density at radius 1 is 1.36 bits per heavy atom. The van der Waals surface area contributed by atoms with Crippen LogP contribution in [0.4, 0.5) is 0 Å². The number of hydrogen-bond donors (Lipinski definition) is 2. The molecule has 1 saturated heterocycles. The van der Waals surface area contributed by atoms with Gasteiger partial charge in [-0.25, -0.2) is 4.98 Å². The summed E-state index contributed by atoms with van der Waals surface area (Å²) in [6, 6.07) is 0.562. The van der Waals surface area contributed by atoms with E-state index in [0.29, 0.717) is 12.0 Å². The lowest BCUT2D eigenvalue weighted by atomic mass is 9.94. The second-order valence-corrected chi connectivity index (χ2v) is 8.58. The van der Waals surface area contributed by atoms with Gasteiger partial charge in [-0.1, -0.05) is 20.8 Å². The molecular weight excluding hydrogens is 330 g/mol. The predicted molar refractivity (Wildman–Crippen MR) is 109 cm³/mol. The number of nitrogens with one attached hydrogen (secondary N) is 2. The quantitative estimate of drug-likeness (QED) is 0.576. The molecule has 1 unspecified atom stereocenters. The Hall–Kier alpha value is -1.14. The van der Waals surface area contributed by atoms with Gasteiger partial charge < -0.3 is 10.6 Å². The summed E-state index contributed by atoms with van der Waals surface area (Å²) < 4.78 is 0. The number of likely N-dealkylation sites (tertiary alicyclic amines) is 1. The standard InChI is InChI=1S/C19H35N5S/c1-14(2)18(24-10-7-15(3)8-11-24)12-22-19(20-5)21-9-6-17-13-25-16(4)23-17/h13-15,18H,6-12H2,1-5H3,(H2,20,21,22). The van der Waals surface area contributed by atoms with Gasteiger partial charge in [0.05, 0.1) is 10.7 Å². The molecule has 142 valence electrons. The molecule has 1 aliphatic rings. The summed E-state index contributed by atoms with van der Waals surface area (Å²) in [5, 5.41) is 10.2. The Morgan fingerprint density at radius 3 is 2.64 bits per heavy atom. The van der Waals surface area contributed by atoms with Crippen LogP contribution in [0.2, 0.25) is 0 Å². The van der Waals surface area contributed by atoms with Crippen LogP contribution in [0.5, 0.6) is 0 Å². The van der Waals surface area contributed by atoms with Gasteiger partial charge in [0.1, 0.15) is 0 Å². The average Bonchev–Trinajstić information content (AvgIpc) is 3.00. The Bertz CT molecular complexity index is 532. The molecule has 0 radical (unpaired) electrons. The fraction of sp³-hybridized carbons (Fsp3) is 0.789. The molecule has 0 spiro atoms. The van der Waals surface area contributed by atoms with E-state index in [9.17, 15) is 0 Å². The SMILES string of the molecule is CN=C(NCCc1csc(C)n1)NCC(C(C)C)N1CCC(C)CC1. The van der Waals surface area contributed by atoms with Crippen molar-refractivity contribution >= 4 is 17.3 Å². The van der Waals surface area contributed by atoms with Crippen molar-refractivity contribution in [3.05, 3.63) is 16.1 Å². The van der Waals surface area contributed by atoms with Gasteiger partial charge in [0, 0.05) is 38.0 Å². The lowest BCUT2D eigenvalue weighted by Crippen LogP contribution is -2.51.